The molecule has 0 bridgehead atoms. The summed E-state index contributed by atoms with van der Waals surface area (Å²) in [7, 11) is 1.49. The van der Waals surface area contributed by atoms with Crippen LogP contribution in [0.25, 0.3) is 16.2 Å². The first-order chi connectivity index (χ1) is 14.0. The molecule has 0 saturated carbocycles. The van der Waals surface area contributed by atoms with Crippen LogP contribution < -0.4 is 15.4 Å². The smallest absolute Gasteiger partial charge is 0.214 e. The van der Waals surface area contributed by atoms with Crippen molar-refractivity contribution in [2.75, 3.05) is 38.3 Å². The van der Waals surface area contributed by atoms with E-state index >= 15 is 0 Å². The first-order valence-electron chi connectivity index (χ1n) is 9.38. The number of hydrogen-bond acceptors (Lipinski definition) is 7. The summed E-state index contributed by atoms with van der Waals surface area (Å²) in [6.07, 6.45) is 1.19. The fourth-order valence-corrected chi connectivity index (χ4v) is 4.44. The maximum Gasteiger partial charge on any atom is 0.214 e. The Hall–Kier alpha value is -2.30. The number of rotatable bonds is 6. The third-order valence-corrected chi connectivity index (χ3v) is 6.40. The van der Waals surface area contributed by atoms with E-state index in [2.05, 4.69) is 9.88 Å². The molecule has 0 spiro atoms. The number of ether oxygens (including phenoxy) is 1. The highest BCUT2D eigenvalue weighted by molar-refractivity contribution is 7.20. The summed E-state index contributed by atoms with van der Waals surface area (Å²) in [5.41, 5.74) is 6.49. The van der Waals surface area contributed by atoms with Crippen LogP contribution in [-0.2, 0) is 0 Å². The number of benzene rings is 1. The molecule has 1 fully saturated rings. The number of halogens is 2. The van der Waals surface area contributed by atoms with Crippen molar-refractivity contribution >= 4 is 21.4 Å². The van der Waals surface area contributed by atoms with Crippen molar-refractivity contribution in [3.63, 3.8) is 0 Å². The van der Waals surface area contributed by atoms with Crippen molar-refractivity contribution in [3.8, 4) is 17.0 Å². The molecule has 7 nitrogen and oxygen atoms in total. The lowest BCUT2D eigenvalue weighted by Crippen LogP contribution is -2.48. The van der Waals surface area contributed by atoms with E-state index in [1.165, 1.54) is 24.5 Å². The maximum absolute atomic E-state index is 13.7. The summed E-state index contributed by atoms with van der Waals surface area (Å²) < 4.78 is 33.5. The number of anilines is 1. The number of methoxy groups -OCH3 is 1. The van der Waals surface area contributed by atoms with E-state index in [1.54, 1.807) is 22.8 Å². The largest absolute Gasteiger partial charge is 0.496 e. The van der Waals surface area contributed by atoms with Gasteiger partial charge in [-0.05, 0) is 30.5 Å². The summed E-state index contributed by atoms with van der Waals surface area (Å²) >= 11 is 1.46. The van der Waals surface area contributed by atoms with Crippen LogP contribution in [0, 0.1) is 0 Å². The minimum atomic E-state index is -1.68. The Labute approximate surface area is 170 Å². The molecule has 2 aromatic heterocycles. The van der Waals surface area contributed by atoms with Crippen LogP contribution in [-0.4, -0.2) is 58.7 Å². The minimum Gasteiger partial charge on any atom is -0.496 e. The van der Waals surface area contributed by atoms with Crippen LogP contribution in [0.2, 0.25) is 0 Å². The molecule has 0 amide bonds. The van der Waals surface area contributed by atoms with Gasteiger partial charge in [0.25, 0.3) is 0 Å². The zero-order chi connectivity index (χ0) is 20.6. The van der Waals surface area contributed by atoms with E-state index in [0.717, 1.165) is 5.13 Å². The molecule has 3 heterocycles. The van der Waals surface area contributed by atoms with E-state index in [0.29, 0.717) is 47.9 Å². The molecule has 4 rings (SSSR count). The lowest BCUT2D eigenvalue weighted by Gasteiger charge is -2.37. The van der Waals surface area contributed by atoms with E-state index in [4.69, 9.17) is 15.6 Å². The molecule has 10 heteroatoms. The number of aromatic nitrogens is 3. The zero-order valence-electron chi connectivity index (χ0n) is 16.0. The molecule has 1 aliphatic rings. The zero-order valence-corrected chi connectivity index (χ0v) is 16.8. The quantitative estimate of drug-likeness (QED) is 0.634. The van der Waals surface area contributed by atoms with Gasteiger partial charge in [-0.1, -0.05) is 17.4 Å². The molecule has 3 N–H and O–H groups in total. The van der Waals surface area contributed by atoms with Crippen molar-refractivity contribution in [2.24, 2.45) is 5.73 Å². The molecule has 1 aliphatic heterocycles. The number of hydrogen-bond donors (Lipinski definition) is 2. The first-order valence-corrected chi connectivity index (χ1v) is 10.2. The Kier molecular flexibility index (Phi) is 5.41. The molecular weight excluding hydrogens is 400 g/mol. The molecule has 1 atom stereocenters. The fourth-order valence-electron chi connectivity index (χ4n) is 3.52. The molecule has 0 radical (unpaired) electrons. The van der Waals surface area contributed by atoms with Gasteiger partial charge in [-0.15, -0.1) is 5.10 Å². The number of fused-ring (bicyclic) bond motifs is 1. The Morgan fingerprint density at radius 2 is 2.14 bits per heavy atom. The van der Waals surface area contributed by atoms with Crippen LogP contribution >= 0.6 is 11.3 Å². The molecule has 1 unspecified atom stereocenters. The number of aliphatic hydroxyl groups is 1. The fraction of sp³-hybridized carbons (Fsp3) is 0.474. The van der Waals surface area contributed by atoms with Gasteiger partial charge in [-0.25, -0.2) is 18.3 Å². The summed E-state index contributed by atoms with van der Waals surface area (Å²) in [4.78, 5) is 7.27. The second kappa shape index (κ2) is 7.85. The summed E-state index contributed by atoms with van der Waals surface area (Å²) in [6.45, 7) is 0.506. The predicted octanol–water partition coefficient (Wildman–Crippen LogP) is 2.74. The Morgan fingerprint density at radius 1 is 1.38 bits per heavy atom. The van der Waals surface area contributed by atoms with Gasteiger partial charge in [0.05, 0.1) is 24.6 Å². The molecule has 1 saturated heterocycles. The summed E-state index contributed by atoms with van der Waals surface area (Å²) in [6, 6.07) is 4.75. The summed E-state index contributed by atoms with van der Waals surface area (Å²) in [5.74, 6) is 0.431. The molecule has 3 aromatic rings. The minimum absolute atomic E-state index is 0.230. The van der Waals surface area contributed by atoms with E-state index in [-0.39, 0.29) is 12.1 Å². The average molecular weight is 423 g/mol. The predicted molar refractivity (Wildman–Crippen MR) is 108 cm³/mol. The second-order valence-electron chi connectivity index (χ2n) is 7.22. The van der Waals surface area contributed by atoms with Crippen LogP contribution in [0.1, 0.15) is 24.6 Å². The van der Waals surface area contributed by atoms with Gasteiger partial charge in [0.2, 0.25) is 10.1 Å². The molecular formula is C19H23F2N5O2S. The number of nitrogens with zero attached hydrogens (tertiary/aromatic N) is 4. The lowest BCUT2D eigenvalue weighted by molar-refractivity contribution is 0.0249. The van der Waals surface area contributed by atoms with Gasteiger partial charge in [0.1, 0.15) is 12.4 Å². The van der Waals surface area contributed by atoms with Gasteiger partial charge in [-0.2, -0.15) is 0 Å². The lowest BCUT2D eigenvalue weighted by atomic mass is 9.92. The van der Waals surface area contributed by atoms with Gasteiger partial charge in [0.15, 0.2) is 6.17 Å². The summed E-state index contributed by atoms with van der Waals surface area (Å²) in [5, 5.41) is 15.8. The molecule has 1 aromatic carbocycles. The van der Waals surface area contributed by atoms with Gasteiger partial charge in [0, 0.05) is 25.2 Å². The highest BCUT2D eigenvalue weighted by Gasteiger charge is 2.32. The van der Waals surface area contributed by atoms with Crippen LogP contribution in [0.5, 0.6) is 5.75 Å². The highest BCUT2D eigenvalue weighted by Crippen LogP contribution is 2.36. The van der Waals surface area contributed by atoms with Crippen molar-refractivity contribution in [1.82, 2.24) is 14.6 Å². The molecule has 29 heavy (non-hydrogen) atoms. The topological polar surface area (TPSA) is 88.9 Å². The molecule has 0 aliphatic carbocycles. The van der Waals surface area contributed by atoms with Crippen LogP contribution in [0.15, 0.2) is 24.4 Å². The van der Waals surface area contributed by atoms with Crippen molar-refractivity contribution in [2.45, 2.75) is 24.6 Å². The average Bonchev–Trinajstić information content (AvgIpc) is 3.34. The third-order valence-electron chi connectivity index (χ3n) is 5.42. The Bertz CT molecular complexity index is 1000. The van der Waals surface area contributed by atoms with E-state index in [1.807, 2.05) is 0 Å². The van der Waals surface area contributed by atoms with Crippen molar-refractivity contribution in [1.29, 1.82) is 0 Å². The first kappa shape index (κ1) is 20.0. The third kappa shape index (κ3) is 3.67. The highest BCUT2D eigenvalue weighted by atomic mass is 32.1. The number of piperidine rings is 1. The van der Waals surface area contributed by atoms with Crippen molar-refractivity contribution < 1.29 is 18.6 Å². The van der Waals surface area contributed by atoms with Crippen molar-refractivity contribution in [3.05, 3.63) is 30.0 Å². The number of nitrogens with two attached hydrogens (primary N) is 1. The monoisotopic (exact) mass is 423 g/mol. The maximum atomic E-state index is 13.7. The van der Waals surface area contributed by atoms with Gasteiger partial charge >= 0.3 is 0 Å². The number of alkyl halides is 2. The Morgan fingerprint density at radius 3 is 2.79 bits per heavy atom. The SMILES string of the molecule is COc1cc(C(F)CF)ccc1-c1cnc2sc(N3CCC(O)(CN)CC3)nn12. The normalized spacial score (nSPS) is 17.6. The number of imidazole rings is 1. The molecule has 156 valence electrons. The Balaban J connectivity index is 1.65. The second-order valence-corrected chi connectivity index (χ2v) is 8.15. The van der Waals surface area contributed by atoms with E-state index in [9.17, 15) is 13.9 Å². The van der Waals surface area contributed by atoms with Crippen LogP contribution in [0.4, 0.5) is 13.9 Å². The van der Waals surface area contributed by atoms with E-state index < -0.39 is 18.4 Å². The van der Waals surface area contributed by atoms with Gasteiger partial charge < -0.3 is 20.5 Å². The standard InChI is InChI=1S/C19H23F2N5O2S/c1-28-16-8-12(14(21)9-20)2-3-13(16)15-10-23-17-26(15)24-18(29-17)25-6-4-19(27,11-22)5-7-25/h2-3,8,10,14,27H,4-7,9,11,22H2,1H3. The van der Waals surface area contributed by atoms with Gasteiger partial charge in [-0.3, -0.25) is 0 Å². The van der Waals surface area contributed by atoms with Crippen LogP contribution in [0.3, 0.4) is 0 Å².